The Bertz CT molecular complexity index is 1260. The molecule has 33 heavy (non-hydrogen) atoms. The minimum Gasteiger partial charge on any atom is -0.478 e. The summed E-state index contributed by atoms with van der Waals surface area (Å²) in [5.41, 5.74) is 1.31. The molecule has 0 aliphatic carbocycles. The number of nitrogens with one attached hydrogen (secondary N) is 2. The van der Waals surface area contributed by atoms with E-state index in [0.29, 0.717) is 14.8 Å². The van der Waals surface area contributed by atoms with Crippen molar-refractivity contribution in [2.24, 2.45) is 0 Å². The molecule has 3 heterocycles. The van der Waals surface area contributed by atoms with Gasteiger partial charge >= 0.3 is 5.97 Å². The van der Waals surface area contributed by atoms with Crippen molar-refractivity contribution >= 4 is 69.3 Å². The molecule has 1 aliphatic rings. The average molecular weight is 525 g/mol. The Kier molecular flexibility index (Phi) is 7.01. The van der Waals surface area contributed by atoms with E-state index < -0.39 is 11.9 Å². The lowest BCUT2D eigenvalue weighted by molar-refractivity contribution is 0.0696. The van der Waals surface area contributed by atoms with Crippen molar-refractivity contribution in [3.63, 3.8) is 0 Å². The highest BCUT2D eigenvalue weighted by molar-refractivity contribution is 7.18. The number of carbonyl (C=O) groups is 3. The summed E-state index contributed by atoms with van der Waals surface area (Å²) in [5.74, 6) is -2.06. The number of thiazole rings is 1. The molecule has 1 aliphatic heterocycles. The van der Waals surface area contributed by atoms with Gasteiger partial charge in [-0.15, -0.1) is 22.7 Å². The molecule has 0 radical (unpaired) electrons. The van der Waals surface area contributed by atoms with E-state index in [1.54, 1.807) is 12.1 Å². The van der Waals surface area contributed by atoms with Crippen molar-refractivity contribution in [1.29, 1.82) is 0 Å². The van der Waals surface area contributed by atoms with Crippen LogP contribution in [0.1, 0.15) is 46.0 Å². The largest absolute Gasteiger partial charge is 0.478 e. The minimum atomic E-state index is -1.23. The molecule has 1 aromatic carbocycles. The molecule has 0 unspecified atom stereocenters. The molecule has 0 bridgehead atoms. The van der Waals surface area contributed by atoms with E-state index in [9.17, 15) is 19.5 Å². The van der Waals surface area contributed by atoms with Gasteiger partial charge in [0.15, 0.2) is 5.01 Å². The first-order valence-electron chi connectivity index (χ1n) is 9.79. The van der Waals surface area contributed by atoms with Gasteiger partial charge in [0, 0.05) is 30.9 Å². The van der Waals surface area contributed by atoms with Crippen LogP contribution >= 0.6 is 45.9 Å². The van der Waals surface area contributed by atoms with Crippen LogP contribution in [0.5, 0.6) is 0 Å². The molecular formula is C21H18Cl2N4O4S2. The molecule has 3 N–H and O–H groups in total. The first kappa shape index (κ1) is 23.7. The summed E-state index contributed by atoms with van der Waals surface area (Å²) in [6, 6.07) is 6.07. The summed E-state index contributed by atoms with van der Waals surface area (Å²) < 4.78 is 0.485. The fraction of sp³-hybridized carbons (Fsp3) is 0.238. The van der Waals surface area contributed by atoms with Gasteiger partial charge in [-0.05, 0) is 30.8 Å². The number of carbonyl (C=O) groups excluding carboxylic acids is 2. The molecular weight excluding hydrogens is 507 g/mol. The Labute approximate surface area is 207 Å². The molecule has 0 atom stereocenters. The Morgan fingerprint density at radius 3 is 2.64 bits per heavy atom. The standard InChI is InChI=1S/C21H18Cl2N4O4S2/c1-27-7-6-12-14(9-27)33-20(25-12)19(29)26-17-10(2-3-11(16(17)23)21(30)31)8-24-18(28)13-4-5-15(22)32-13/h2-5H,6-9H2,1H3,(H,24,28)(H,26,29)(H,30,31). The van der Waals surface area contributed by atoms with Crippen LogP contribution in [0.2, 0.25) is 9.36 Å². The molecule has 4 rings (SSSR count). The highest BCUT2D eigenvalue weighted by atomic mass is 35.5. The lowest BCUT2D eigenvalue weighted by Gasteiger charge is -2.20. The van der Waals surface area contributed by atoms with E-state index in [4.69, 9.17) is 23.2 Å². The van der Waals surface area contributed by atoms with Gasteiger partial charge in [0.1, 0.15) is 0 Å². The number of carboxylic acids is 1. The van der Waals surface area contributed by atoms with Gasteiger partial charge in [-0.3, -0.25) is 9.59 Å². The van der Waals surface area contributed by atoms with E-state index in [1.807, 2.05) is 7.05 Å². The number of aromatic nitrogens is 1. The van der Waals surface area contributed by atoms with Crippen LogP contribution in [0.15, 0.2) is 24.3 Å². The molecule has 12 heteroatoms. The van der Waals surface area contributed by atoms with E-state index >= 15 is 0 Å². The number of benzene rings is 1. The number of thiophene rings is 1. The van der Waals surface area contributed by atoms with Crippen molar-refractivity contribution in [3.05, 3.63) is 65.2 Å². The fourth-order valence-electron chi connectivity index (χ4n) is 3.35. The molecule has 2 amide bonds. The molecule has 2 aromatic heterocycles. The zero-order valence-electron chi connectivity index (χ0n) is 17.3. The zero-order chi connectivity index (χ0) is 23.7. The maximum atomic E-state index is 13.0. The van der Waals surface area contributed by atoms with E-state index in [0.717, 1.165) is 41.4 Å². The molecule has 0 spiro atoms. The normalized spacial score (nSPS) is 13.4. The second-order valence-electron chi connectivity index (χ2n) is 7.38. The molecule has 8 nitrogen and oxygen atoms in total. The van der Waals surface area contributed by atoms with Crippen molar-refractivity contribution in [2.45, 2.75) is 19.5 Å². The number of rotatable bonds is 6. The zero-order valence-corrected chi connectivity index (χ0v) is 20.4. The first-order chi connectivity index (χ1) is 15.7. The maximum Gasteiger partial charge on any atom is 0.337 e. The molecule has 0 fully saturated rings. The summed E-state index contributed by atoms with van der Waals surface area (Å²) in [5, 5.41) is 15.0. The Hall–Kier alpha value is -2.50. The Morgan fingerprint density at radius 1 is 1.15 bits per heavy atom. The first-order valence-corrected chi connectivity index (χ1v) is 12.2. The van der Waals surface area contributed by atoms with Crippen LogP contribution in [0.4, 0.5) is 5.69 Å². The SMILES string of the molecule is CN1CCc2nc(C(=O)Nc3c(CNC(=O)c4ccc(Cl)s4)ccc(C(=O)O)c3Cl)sc2C1. The number of halogens is 2. The number of hydrogen-bond acceptors (Lipinski definition) is 7. The fourth-order valence-corrected chi connectivity index (χ4v) is 5.71. The van der Waals surface area contributed by atoms with Gasteiger partial charge in [0.05, 0.1) is 31.2 Å². The predicted molar refractivity (Wildman–Crippen MR) is 129 cm³/mol. The number of nitrogens with zero attached hydrogens (tertiary/aromatic N) is 2. The van der Waals surface area contributed by atoms with Gasteiger partial charge in [0.2, 0.25) is 0 Å². The number of hydrogen-bond donors (Lipinski definition) is 3. The van der Waals surface area contributed by atoms with E-state index in [2.05, 4.69) is 20.5 Å². The number of carboxylic acid groups (broad SMARTS) is 1. The molecule has 0 saturated heterocycles. The Morgan fingerprint density at radius 2 is 1.94 bits per heavy atom. The number of amides is 2. The number of fused-ring (bicyclic) bond motifs is 1. The highest BCUT2D eigenvalue weighted by Gasteiger charge is 2.24. The van der Waals surface area contributed by atoms with Crippen LogP contribution < -0.4 is 10.6 Å². The van der Waals surface area contributed by atoms with Crippen LogP contribution in [0, 0.1) is 0 Å². The van der Waals surface area contributed by atoms with Gasteiger partial charge in [-0.25, -0.2) is 9.78 Å². The van der Waals surface area contributed by atoms with Gasteiger partial charge in [-0.2, -0.15) is 0 Å². The Balaban J connectivity index is 1.58. The third kappa shape index (κ3) is 5.20. The molecule has 0 saturated carbocycles. The maximum absolute atomic E-state index is 13.0. The quantitative estimate of drug-likeness (QED) is 0.441. The summed E-state index contributed by atoms with van der Waals surface area (Å²) >= 11 is 14.7. The molecule has 3 aromatic rings. The smallest absolute Gasteiger partial charge is 0.337 e. The third-order valence-electron chi connectivity index (χ3n) is 5.05. The summed E-state index contributed by atoms with van der Waals surface area (Å²) in [6.45, 7) is 1.60. The monoisotopic (exact) mass is 524 g/mol. The van der Waals surface area contributed by atoms with Crippen molar-refractivity contribution in [2.75, 3.05) is 18.9 Å². The van der Waals surface area contributed by atoms with Crippen molar-refractivity contribution in [3.8, 4) is 0 Å². The highest BCUT2D eigenvalue weighted by Crippen LogP contribution is 2.32. The summed E-state index contributed by atoms with van der Waals surface area (Å²) in [6.07, 6.45) is 0.759. The second-order valence-corrected chi connectivity index (χ2v) is 10.6. The van der Waals surface area contributed by atoms with Crippen LogP contribution in [0.25, 0.3) is 0 Å². The second kappa shape index (κ2) is 9.78. The topological polar surface area (TPSA) is 112 Å². The average Bonchev–Trinajstić information content (AvgIpc) is 3.39. The van der Waals surface area contributed by atoms with Crippen LogP contribution in [-0.2, 0) is 19.5 Å². The molecule has 172 valence electrons. The van der Waals surface area contributed by atoms with Crippen molar-refractivity contribution < 1.29 is 19.5 Å². The van der Waals surface area contributed by atoms with Crippen LogP contribution in [0.3, 0.4) is 0 Å². The number of anilines is 1. The third-order valence-corrected chi connectivity index (χ3v) is 7.75. The predicted octanol–water partition coefficient (Wildman–Crippen LogP) is 4.38. The lowest BCUT2D eigenvalue weighted by Crippen LogP contribution is -2.25. The summed E-state index contributed by atoms with van der Waals surface area (Å²) in [4.78, 5) is 45.0. The van der Waals surface area contributed by atoms with Gasteiger partial charge in [-0.1, -0.05) is 29.3 Å². The van der Waals surface area contributed by atoms with E-state index in [-0.39, 0.29) is 33.7 Å². The van der Waals surface area contributed by atoms with Gasteiger partial charge < -0.3 is 20.6 Å². The number of likely N-dealkylation sites (N-methyl/N-ethyl adjacent to an activating group) is 1. The van der Waals surface area contributed by atoms with Crippen molar-refractivity contribution in [1.82, 2.24) is 15.2 Å². The van der Waals surface area contributed by atoms with Crippen LogP contribution in [-0.4, -0.2) is 46.4 Å². The minimum absolute atomic E-state index is 0.0166. The lowest BCUT2D eigenvalue weighted by atomic mass is 10.1. The summed E-state index contributed by atoms with van der Waals surface area (Å²) in [7, 11) is 2.00. The van der Waals surface area contributed by atoms with Gasteiger partial charge in [0.25, 0.3) is 11.8 Å². The van der Waals surface area contributed by atoms with E-state index in [1.165, 1.54) is 23.5 Å². The number of aromatic carboxylic acids is 1.